The van der Waals surface area contributed by atoms with E-state index in [4.69, 9.17) is 9.47 Å². The van der Waals surface area contributed by atoms with Gasteiger partial charge in [-0.05, 0) is 13.8 Å². The predicted molar refractivity (Wildman–Crippen MR) is 90.1 cm³/mol. The van der Waals surface area contributed by atoms with Crippen LogP contribution >= 0.6 is 0 Å². The molecule has 1 radical (unpaired) electrons. The lowest BCUT2D eigenvalue weighted by molar-refractivity contribution is -0.153. The van der Waals surface area contributed by atoms with Gasteiger partial charge in [0.05, 0.1) is 6.61 Å². The van der Waals surface area contributed by atoms with E-state index in [1.807, 2.05) is 4.98 Å². The van der Waals surface area contributed by atoms with Gasteiger partial charge in [-0.2, -0.15) is 0 Å². The van der Waals surface area contributed by atoms with E-state index in [2.05, 4.69) is 6.92 Å². The Labute approximate surface area is 153 Å². The molecule has 1 saturated heterocycles. The van der Waals surface area contributed by atoms with Crippen molar-refractivity contribution in [3.8, 4) is 0 Å². The molecule has 151 valence electrons. The Balaban J connectivity index is 2.55. The minimum absolute atomic E-state index is 0.0500. The summed E-state index contributed by atoms with van der Waals surface area (Å²) in [5.41, 5.74) is -3.60. The summed E-state index contributed by atoms with van der Waals surface area (Å²) < 4.78 is 11.3. The third-order valence-electron chi connectivity index (χ3n) is 4.51. The number of hydrogen-bond donors (Lipinski definition) is 5. The lowest BCUT2D eigenvalue weighted by Crippen LogP contribution is -2.48. The number of aliphatic carboxylic acids is 1. The fourth-order valence-corrected chi connectivity index (χ4v) is 3.03. The molecule has 2 heterocycles. The molecule has 0 aromatic carbocycles. The summed E-state index contributed by atoms with van der Waals surface area (Å²) in [4.78, 5) is 38.0. The number of carboxylic acids is 1. The van der Waals surface area contributed by atoms with Crippen LogP contribution in [0.5, 0.6) is 0 Å². The number of nitrogens with one attached hydrogen (secondary N) is 1. The van der Waals surface area contributed by atoms with Crippen molar-refractivity contribution in [1.29, 1.82) is 0 Å². The Bertz CT molecular complexity index is 800. The first kappa shape index (κ1) is 21.3. The van der Waals surface area contributed by atoms with Crippen LogP contribution in [-0.2, 0) is 19.7 Å². The van der Waals surface area contributed by atoms with Crippen LogP contribution in [0.4, 0.5) is 0 Å². The minimum Gasteiger partial charge on any atom is -0.479 e. The number of ether oxygens (including phenoxy) is 2. The zero-order chi connectivity index (χ0) is 20.5. The summed E-state index contributed by atoms with van der Waals surface area (Å²) in [7, 11) is 0. The lowest BCUT2D eigenvalue weighted by Gasteiger charge is -2.31. The molecule has 0 bridgehead atoms. The van der Waals surface area contributed by atoms with Gasteiger partial charge in [0.25, 0.3) is 5.56 Å². The number of aliphatic hydroxyl groups excluding tert-OH is 3. The van der Waals surface area contributed by atoms with Gasteiger partial charge in [-0.1, -0.05) is 6.92 Å². The first-order valence-electron chi connectivity index (χ1n) is 8.24. The van der Waals surface area contributed by atoms with Crippen LogP contribution in [-0.4, -0.2) is 73.6 Å². The van der Waals surface area contributed by atoms with Crippen LogP contribution in [0.1, 0.15) is 25.6 Å². The zero-order valence-corrected chi connectivity index (χ0v) is 14.9. The second-order valence-electron chi connectivity index (χ2n) is 6.53. The highest BCUT2D eigenvalue weighted by Crippen LogP contribution is 2.30. The average molecular weight is 387 g/mol. The Morgan fingerprint density at radius 3 is 2.56 bits per heavy atom. The second kappa shape index (κ2) is 7.90. The molecule has 1 aliphatic rings. The van der Waals surface area contributed by atoms with Gasteiger partial charge >= 0.3 is 11.7 Å². The van der Waals surface area contributed by atoms with Crippen LogP contribution < -0.4 is 11.2 Å². The van der Waals surface area contributed by atoms with Crippen LogP contribution in [0, 0.1) is 6.92 Å². The van der Waals surface area contributed by atoms with E-state index >= 15 is 0 Å². The number of aliphatic hydroxyl groups is 3. The molecule has 1 aliphatic heterocycles. The standard InChI is InChI=1S/C16H23N2O9/c1-4-26-11(14(23)24)16(2,3)7-5-18(15(25)17-12(7)22)13-10(21)9(20)8(6-19)27-13/h5,8-11,13,19-21H,2,4,6H2,1,3H3,(H,23,24)(H,17,22,25)/t8-,9-,10-,11?,13-,16?/m1/s1. The highest BCUT2D eigenvalue weighted by molar-refractivity contribution is 5.75. The monoisotopic (exact) mass is 387 g/mol. The van der Waals surface area contributed by atoms with Crippen molar-refractivity contribution < 1.29 is 34.7 Å². The average Bonchev–Trinajstić information content (AvgIpc) is 2.87. The van der Waals surface area contributed by atoms with Crippen LogP contribution in [0.3, 0.4) is 0 Å². The quantitative estimate of drug-likeness (QED) is 0.346. The largest absolute Gasteiger partial charge is 0.479 e. The van der Waals surface area contributed by atoms with E-state index in [1.54, 1.807) is 6.92 Å². The molecule has 0 aliphatic carbocycles. The molecule has 5 N–H and O–H groups in total. The van der Waals surface area contributed by atoms with Crippen LogP contribution in [0.2, 0.25) is 0 Å². The molecule has 0 spiro atoms. The molecule has 2 unspecified atom stereocenters. The first-order valence-corrected chi connectivity index (χ1v) is 8.24. The highest BCUT2D eigenvalue weighted by Gasteiger charge is 2.45. The molecular formula is C16H23N2O9. The van der Waals surface area contributed by atoms with Gasteiger partial charge in [-0.25, -0.2) is 9.59 Å². The maximum atomic E-state index is 12.3. The Morgan fingerprint density at radius 1 is 1.44 bits per heavy atom. The molecule has 0 saturated carbocycles. The Kier molecular flexibility index (Phi) is 6.22. The van der Waals surface area contributed by atoms with Crippen molar-refractivity contribution in [3.05, 3.63) is 39.5 Å². The molecule has 27 heavy (non-hydrogen) atoms. The summed E-state index contributed by atoms with van der Waals surface area (Å²) in [5.74, 6) is -1.35. The summed E-state index contributed by atoms with van der Waals surface area (Å²) >= 11 is 0. The van der Waals surface area contributed by atoms with E-state index < -0.39 is 59.9 Å². The Morgan fingerprint density at radius 2 is 2.07 bits per heavy atom. The number of carbonyl (C=O) groups is 1. The molecule has 2 rings (SSSR count). The molecule has 0 amide bonds. The van der Waals surface area contributed by atoms with Crippen molar-refractivity contribution in [3.63, 3.8) is 0 Å². The molecular weight excluding hydrogens is 364 g/mol. The van der Waals surface area contributed by atoms with Gasteiger partial charge in [0.2, 0.25) is 0 Å². The van der Waals surface area contributed by atoms with Crippen LogP contribution in [0.15, 0.2) is 15.8 Å². The number of rotatable bonds is 7. The van der Waals surface area contributed by atoms with E-state index in [0.29, 0.717) is 0 Å². The maximum Gasteiger partial charge on any atom is 0.333 e. The van der Waals surface area contributed by atoms with E-state index in [1.165, 1.54) is 6.92 Å². The van der Waals surface area contributed by atoms with E-state index in [0.717, 1.165) is 10.8 Å². The van der Waals surface area contributed by atoms with Gasteiger partial charge in [0, 0.05) is 23.8 Å². The Hall–Kier alpha value is -2.05. The predicted octanol–water partition coefficient (Wildman–Crippen LogP) is -2.27. The molecule has 1 aromatic rings. The minimum atomic E-state index is -1.59. The fraction of sp³-hybridized carbons (Fsp3) is 0.625. The second-order valence-corrected chi connectivity index (χ2v) is 6.53. The maximum absolute atomic E-state index is 12.3. The van der Waals surface area contributed by atoms with Gasteiger partial charge in [-0.3, -0.25) is 14.3 Å². The summed E-state index contributed by atoms with van der Waals surface area (Å²) in [6, 6.07) is 0. The molecule has 11 heteroatoms. The smallest absolute Gasteiger partial charge is 0.333 e. The van der Waals surface area contributed by atoms with Gasteiger partial charge < -0.3 is 29.9 Å². The number of H-pyrrole nitrogens is 1. The van der Waals surface area contributed by atoms with Crippen molar-refractivity contribution in [2.75, 3.05) is 13.2 Å². The molecule has 6 atom stereocenters. The molecule has 11 nitrogen and oxygen atoms in total. The van der Waals surface area contributed by atoms with Crippen molar-refractivity contribution in [2.45, 2.75) is 49.9 Å². The van der Waals surface area contributed by atoms with E-state index in [9.17, 15) is 34.8 Å². The third-order valence-corrected chi connectivity index (χ3v) is 4.51. The van der Waals surface area contributed by atoms with Crippen LogP contribution in [0.25, 0.3) is 0 Å². The normalized spacial score (nSPS) is 26.9. The number of carboxylic acid groups (broad SMARTS) is 1. The summed E-state index contributed by atoms with van der Waals surface area (Å²) in [5, 5.41) is 38.5. The topological polar surface area (TPSA) is 171 Å². The van der Waals surface area contributed by atoms with E-state index in [-0.39, 0.29) is 12.2 Å². The lowest BCUT2D eigenvalue weighted by atomic mass is 9.80. The van der Waals surface area contributed by atoms with Crippen molar-refractivity contribution in [2.24, 2.45) is 0 Å². The number of aromatic amines is 1. The highest BCUT2D eigenvalue weighted by atomic mass is 16.6. The zero-order valence-electron chi connectivity index (χ0n) is 14.9. The third kappa shape index (κ3) is 3.82. The summed E-state index contributed by atoms with van der Waals surface area (Å²) in [6.07, 6.45) is -6.01. The fourth-order valence-electron chi connectivity index (χ4n) is 3.03. The number of hydrogen-bond acceptors (Lipinski definition) is 8. The molecule has 1 aromatic heterocycles. The van der Waals surface area contributed by atoms with Gasteiger partial charge in [0.15, 0.2) is 12.3 Å². The van der Waals surface area contributed by atoms with Gasteiger partial charge in [-0.15, -0.1) is 0 Å². The van der Waals surface area contributed by atoms with Crippen molar-refractivity contribution >= 4 is 5.97 Å². The first-order chi connectivity index (χ1) is 12.6. The number of aromatic nitrogens is 2. The van der Waals surface area contributed by atoms with Gasteiger partial charge in [0.1, 0.15) is 18.3 Å². The van der Waals surface area contributed by atoms with Crippen molar-refractivity contribution in [1.82, 2.24) is 9.55 Å². The SMILES string of the molecule is [CH2]C(C)(c1cn([C@@H]2O[C@H](CO)[C@@H](O)[C@H]2O)c(=O)[nH]c1=O)C(OCC)C(=O)O. The summed E-state index contributed by atoms with van der Waals surface area (Å²) in [6.45, 7) is 6.16. The number of nitrogens with zero attached hydrogens (tertiary/aromatic N) is 1. The molecule has 1 fully saturated rings.